The summed E-state index contributed by atoms with van der Waals surface area (Å²) in [6.45, 7) is 0. The van der Waals surface area contributed by atoms with Crippen LogP contribution in [0.3, 0.4) is 0 Å². The molecule has 2 aromatic carbocycles. The van der Waals surface area contributed by atoms with Crippen molar-refractivity contribution in [2.75, 3.05) is 5.73 Å². The molecular weight excluding hydrogens is 298 g/mol. The summed E-state index contributed by atoms with van der Waals surface area (Å²) < 4.78 is 0. The molecule has 3 aromatic rings. The number of primary amides is 1. The molecule has 0 saturated carbocycles. The quantitative estimate of drug-likeness (QED) is 0.707. The van der Waals surface area contributed by atoms with Gasteiger partial charge >= 0.3 is 0 Å². The lowest BCUT2D eigenvalue weighted by Gasteiger charge is -2.12. The third-order valence-corrected chi connectivity index (χ3v) is 3.94. The molecule has 0 aliphatic heterocycles. The second-order valence-electron chi connectivity index (χ2n) is 5.71. The third-order valence-electron chi connectivity index (χ3n) is 3.94. The van der Waals surface area contributed by atoms with Crippen molar-refractivity contribution >= 4 is 11.6 Å². The van der Waals surface area contributed by atoms with Crippen LogP contribution in [0.2, 0.25) is 0 Å². The average Bonchev–Trinajstić information content (AvgIpc) is 2.60. The Bertz CT molecular complexity index is 860. The van der Waals surface area contributed by atoms with Crippen LogP contribution in [0.5, 0.6) is 0 Å². The molecule has 4 heteroatoms. The van der Waals surface area contributed by atoms with E-state index in [0.717, 1.165) is 27.8 Å². The van der Waals surface area contributed by atoms with E-state index in [1.165, 1.54) is 0 Å². The molecule has 3 rings (SSSR count). The highest BCUT2D eigenvalue weighted by Gasteiger charge is 2.09. The molecule has 0 fully saturated rings. The highest BCUT2D eigenvalue weighted by Crippen LogP contribution is 2.30. The number of aromatic nitrogens is 1. The normalized spacial score (nSPS) is 10.5. The Balaban J connectivity index is 2.06. The van der Waals surface area contributed by atoms with Gasteiger partial charge in [-0.1, -0.05) is 36.4 Å². The Kier molecular flexibility index (Phi) is 4.57. The zero-order valence-electron chi connectivity index (χ0n) is 13.3. The number of nitrogens with two attached hydrogens (primary N) is 2. The SMILES string of the molecule is NC(=O)CCc1cc(-c2cccnc2)ccc1-c1cccc(N)c1. The lowest BCUT2D eigenvalue weighted by molar-refractivity contribution is -0.117. The summed E-state index contributed by atoms with van der Waals surface area (Å²) in [4.78, 5) is 15.4. The fourth-order valence-corrected chi connectivity index (χ4v) is 2.76. The summed E-state index contributed by atoms with van der Waals surface area (Å²) in [6.07, 6.45) is 4.48. The van der Waals surface area contributed by atoms with Gasteiger partial charge in [0.2, 0.25) is 5.91 Å². The second kappa shape index (κ2) is 6.96. The number of carbonyl (C=O) groups excluding carboxylic acids is 1. The minimum Gasteiger partial charge on any atom is -0.399 e. The van der Waals surface area contributed by atoms with Crippen molar-refractivity contribution in [3.05, 3.63) is 72.6 Å². The number of nitrogens with zero attached hydrogens (tertiary/aromatic N) is 1. The molecule has 1 heterocycles. The molecule has 0 spiro atoms. The number of carbonyl (C=O) groups is 1. The van der Waals surface area contributed by atoms with Crippen LogP contribution in [0, 0.1) is 0 Å². The van der Waals surface area contributed by atoms with Gasteiger partial charge in [-0.15, -0.1) is 0 Å². The molecule has 1 amide bonds. The van der Waals surface area contributed by atoms with E-state index in [-0.39, 0.29) is 5.91 Å². The van der Waals surface area contributed by atoms with Crippen LogP contribution in [0.1, 0.15) is 12.0 Å². The Morgan fingerprint density at radius 3 is 2.50 bits per heavy atom. The summed E-state index contributed by atoms with van der Waals surface area (Å²) in [5.74, 6) is -0.305. The molecular formula is C20H19N3O. The zero-order chi connectivity index (χ0) is 16.9. The van der Waals surface area contributed by atoms with Crippen molar-refractivity contribution < 1.29 is 4.79 Å². The first-order valence-corrected chi connectivity index (χ1v) is 7.81. The smallest absolute Gasteiger partial charge is 0.217 e. The first kappa shape index (κ1) is 15.7. The number of benzene rings is 2. The largest absolute Gasteiger partial charge is 0.399 e. The van der Waals surface area contributed by atoms with Crippen LogP contribution >= 0.6 is 0 Å². The van der Waals surface area contributed by atoms with Gasteiger partial charge in [0.05, 0.1) is 0 Å². The van der Waals surface area contributed by atoms with E-state index in [1.54, 1.807) is 6.20 Å². The molecule has 0 aliphatic rings. The Hall–Kier alpha value is -3.14. The Morgan fingerprint density at radius 1 is 0.958 bits per heavy atom. The molecule has 0 aliphatic carbocycles. The maximum Gasteiger partial charge on any atom is 0.217 e. The monoisotopic (exact) mass is 317 g/mol. The van der Waals surface area contributed by atoms with Gasteiger partial charge in [0.25, 0.3) is 0 Å². The molecule has 1 aromatic heterocycles. The minimum atomic E-state index is -0.305. The van der Waals surface area contributed by atoms with E-state index >= 15 is 0 Å². The number of aryl methyl sites for hydroxylation is 1. The van der Waals surface area contributed by atoms with Crippen molar-refractivity contribution in [1.82, 2.24) is 4.98 Å². The molecule has 0 atom stereocenters. The third kappa shape index (κ3) is 3.60. The highest BCUT2D eigenvalue weighted by molar-refractivity contribution is 5.77. The van der Waals surface area contributed by atoms with Crippen molar-refractivity contribution in [3.8, 4) is 22.3 Å². The number of hydrogen-bond donors (Lipinski definition) is 2. The molecule has 0 radical (unpaired) electrons. The van der Waals surface area contributed by atoms with Crippen molar-refractivity contribution in [1.29, 1.82) is 0 Å². The number of rotatable bonds is 5. The molecule has 0 unspecified atom stereocenters. The first-order chi connectivity index (χ1) is 11.6. The van der Waals surface area contributed by atoms with Crippen molar-refractivity contribution in [2.45, 2.75) is 12.8 Å². The predicted octanol–water partition coefficient (Wildman–Crippen LogP) is 3.42. The van der Waals surface area contributed by atoms with Crippen LogP contribution in [0.15, 0.2) is 67.0 Å². The van der Waals surface area contributed by atoms with E-state index in [2.05, 4.69) is 23.2 Å². The fraction of sp³-hybridized carbons (Fsp3) is 0.100. The topological polar surface area (TPSA) is 82.0 Å². The highest BCUT2D eigenvalue weighted by atomic mass is 16.1. The van der Waals surface area contributed by atoms with Gasteiger partial charge < -0.3 is 11.5 Å². The van der Waals surface area contributed by atoms with Crippen LogP contribution in [-0.2, 0) is 11.2 Å². The molecule has 4 N–H and O–H groups in total. The van der Waals surface area contributed by atoms with Gasteiger partial charge in [-0.2, -0.15) is 0 Å². The van der Waals surface area contributed by atoms with Gasteiger partial charge in [-0.05, 0) is 52.4 Å². The average molecular weight is 317 g/mol. The van der Waals surface area contributed by atoms with Crippen molar-refractivity contribution in [3.63, 3.8) is 0 Å². The van der Waals surface area contributed by atoms with Crippen LogP contribution in [-0.4, -0.2) is 10.9 Å². The summed E-state index contributed by atoms with van der Waals surface area (Å²) in [5, 5.41) is 0. The van der Waals surface area contributed by atoms with Crippen LogP contribution in [0.25, 0.3) is 22.3 Å². The summed E-state index contributed by atoms with van der Waals surface area (Å²) in [5.41, 5.74) is 17.2. The molecule has 4 nitrogen and oxygen atoms in total. The lowest BCUT2D eigenvalue weighted by Crippen LogP contribution is -2.11. The summed E-state index contributed by atoms with van der Waals surface area (Å²) in [6, 6.07) is 17.9. The molecule has 0 saturated heterocycles. The first-order valence-electron chi connectivity index (χ1n) is 7.81. The van der Waals surface area contributed by atoms with Gasteiger partial charge in [0.15, 0.2) is 0 Å². The van der Waals surface area contributed by atoms with E-state index in [9.17, 15) is 4.79 Å². The summed E-state index contributed by atoms with van der Waals surface area (Å²) in [7, 11) is 0. The maximum absolute atomic E-state index is 11.2. The lowest BCUT2D eigenvalue weighted by atomic mass is 9.93. The number of pyridine rings is 1. The van der Waals surface area contributed by atoms with E-state index in [0.29, 0.717) is 18.5 Å². The standard InChI is InChI=1S/C20H19N3O/c21-18-5-1-3-15(12-18)19-8-6-14(17-4-2-10-23-13-17)11-16(19)7-9-20(22)24/h1-6,8,10-13H,7,9,21H2,(H2,22,24). The number of nitrogen functional groups attached to an aromatic ring is 1. The molecule has 0 bridgehead atoms. The Labute approximate surface area is 141 Å². The zero-order valence-corrected chi connectivity index (χ0v) is 13.3. The second-order valence-corrected chi connectivity index (χ2v) is 5.71. The molecule has 120 valence electrons. The van der Waals surface area contributed by atoms with E-state index in [1.807, 2.05) is 42.6 Å². The van der Waals surface area contributed by atoms with Gasteiger partial charge in [0, 0.05) is 24.5 Å². The summed E-state index contributed by atoms with van der Waals surface area (Å²) >= 11 is 0. The number of anilines is 1. The predicted molar refractivity (Wildman–Crippen MR) is 97.0 cm³/mol. The van der Waals surface area contributed by atoms with Gasteiger partial charge in [0.1, 0.15) is 0 Å². The van der Waals surface area contributed by atoms with Crippen molar-refractivity contribution in [2.24, 2.45) is 5.73 Å². The number of amides is 1. The minimum absolute atomic E-state index is 0.305. The van der Waals surface area contributed by atoms with Crippen LogP contribution < -0.4 is 11.5 Å². The maximum atomic E-state index is 11.2. The van der Waals surface area contributed by atoms with Gasteiger partial charge in [-0.25, -0.2) is 0 Å². The number of hydrogen-bond acceptors (Lipinski definition) is 3. The molecule has 24 heavy (non-hydrogen) atoms. The van der Waals surface area contributed by atoms with E-state index in [4.69, 9.17) is 11.5 Å². The van der Waals surface area contributed by atoms with Crippen LogP contribution in [0.4, 0.5) is 5.69 Å². The van der Waals surface area contributed by atoms with Gasteiger partial charge in [-0.3, -0.25) is 9.78 Å². The fourth-order valence-electron chi connectivity index (χ4n) is 2.76. The Morgan fingerprint density at radius 2 is 1.79 bits per heavy atom. The van der Waals surface area contributed by atoms with E-state index < -0.39 is 0 Å².